The summed E-state index contributed by atoms with van der Waals surface area (Å²) in [5, 5.41) is 54.7. The summed E-state index contributed by atoms with van der Waals surface area (Å²) in [6, 6.07) is 87.7. The Morgan fingerprint density at radius 1 is 0.256 bits per heavy atom. The zero-order valence-electron chi connectivity index (χ0n) is 41.5. The first-order valence-electron chi connectivity index (χ1n) is 25.2. The van der Waals surface area contributed by atoms with Gasteiger partial charge in [0.1, 0.15) is 0 Å². The lowest BCUT2D eigenvalue weighted by molar-refractivity contribution is 1.12. The predicted molar refractivity (Wildman–Crippen MR) is 309 cm³/mol. The van der Waals surface area contributed by atoms with Crippen molar-refractivity contribution in [2.24, 2.45) is 0 Å². The monoisotopic (exact) mass is 990 g/mol. The van der Waals surface area contributed by atoms with Gasteiger partial charge < -0.3 is 9.13 Å². The van der Waals surface area contributed by atoms with E-state index in [4.69, 9.17) is 4.98 Å². The minimum Gasteiger partial charge on any atom is -0.308 e. The second-order valence-corrected chi connectivity index (χ2v) is 19.1. The van der Waals surface area contributed by atoms with E-state index in [1.807, 2.05) is 133 Å². The molecule has 0 fully saturated rings. The molecule has 0 N–H and O–H groups in total. The molecule has 0 spiro atoms. The number of pyridine rings is 1. The van der Waals surface area contributed by atoms with Crippen LogP contribution in [0.2, 0.25) is 0 Å². The average molecular weight is 991 g/mol. The van der Waals surface area contributed by atoms with Crippen molar-refractivity contribution in [3.8, 4) is 109 Å². The van der Waals surface area contributed by atoms with Crippen molar-refractivity contribution in [2.45, 2.75) is 0 Å². The summed E-state index contributed by atoms with van der Waals surface area (Å²) in [6.45, 7) is 0. The first-order valence-corrected chi connectivity index (χ1v) is 25.2. The molecule has 10 aromatic carbocycles. The van der Waals surface area contributed by atoms with E-state index >= 15 is 0 Å². The van der Waals surface area contributed by atoms with E-state index in [-0.39, 0.29) is 0 Å². The van der Waals surface area contributed by atoms with Gasteiger partial charge in [0.15, 0.2) is 0 Å². The molecule has 0 aliphatic heterocycles. The Labute approximate surface area is 448 Å². The van der Waals surface area contributed by atoms with Crippen molar-refractivity contribution in [2.75, 3.05) is 0 Å². The lowest BCUT2D eigenvalue weighted by Crippen LogP contribution is -2.06. The normalized spacial score (nSPS) is 11.0. The Morgan fingerprint density at radius 2 is 0.564 bits per heavy atom. The molecule has 0 saturated carbocycles. The highest BCUT2D eigenvalue weighted by atomic mass is 15.0. The van der Waals surface area contributed by atoms with Gasteiger partial charge in [0.25, 0.3) is 0 Å². The van der Waals surface area contributed by atoms with Gasteiger partial charge in [-0.25, -0.2) is 4.98 Å². The summed E-state index contributed by atoms with van der Waals surface area (Å²) in [7, 11) is 0. The summed E-state index contributed by atoms with van der Waals surface area (Å²) in [5.74, 6) is 0. The van der Waals surface area contributed by atoms with Crippen molar-refractivity contribution < 1.29 is 0 Å². The maximum Gasteiger partial charge on any atom is 0.0993 e. The SMILES string of the molecule is N#Cc1cccc(-c2ccc3c(c2)c2cc(-c4cccc(C#N)c4)ccc2n3-c2cc(C#N)cc(-n3c4ccc(-c5cccc(C#N)c5)cc4c4cc(-c5cccc(C#N)c5)ccc43)c2-c2cccc(-c3ccccc3)n2)c1. The highest BCUT2D eigenvalue weighted by Gasteiger charge is 2.26. The molecule has 78 heavy (non-hydrogen) atoms. The van der Waals surface area contributed by atoms with Crippen LogP contribution in [0, 0.1) is 56.7 Å². The van der Waals surface area contributed by atoms with Gasteiger partial charge >= 0.3 is 0 Å². The highest BCUT2D eigenvalue weighted by Crippen LogP contribution is 2.45. The quantitative estimate of drug-likeness (QED) is 0.148. The second-order valence-electron chi connectivity index (χ2n) is 19.1. The largest absolute Gasteiger partial charge is 0.308 e. The Kier molecular flexibility index (Phi) is 11.3. The van der Waals surface area contributed by atoms with Crippen LogP contribution < -0.4 is 0 Å². The fourth-order valence-corrected chi connectivity index (χ4v) is 11.0. The third-order valence-corrected chi connectivity index (χ3v) is 14.6. The van der Waals surface area contributed by atoms with Crippen LogP contribution in [0.15, 0.2) is 231 Å². The van der Waals surface area contributed by atoms with Gasteiger partial charge in [-0.1, -0.05) is 109 Å². The number of rotatable bonds is 8. The number of benzene rings is 10. The van der Waals surface area contributed by atoms with Crippen molar-refractivity contribution in [1.82, 2.24) is 14.1 Å². The zero-order chi connectivity index (χ0) is 52.9. The number of nitrogens with zero attached hydrogens (tertiary/aromatic N) is 8. The fourth-order valence-electron chi connectivity index (χ4n) is 11.0. The third kappa shape index (κ3) is 7.95. The molecule has 0 aliphatic carbocycles. The minimum absolute atomic E-state index is 0.428. The Morgan fingerprint density at radius 3 is 0.910 bits per heavy atom. The molecule has 13 rings (SSSR count). The number of hydrogen-bond acceptors (Lipinski definition) is 6. The van der Waals surface area contributed by atoms with Crippen LogP contribution in [0.25, 0.3) is 122 Å². The fraction of sp³-hybridized carbons (Fsp3) is 0. The molecule has 358 valence electrons. The topological polar surface area (TPSA) is 142 Å². The lowest BCUT2D eigenvalue weighted by atomic mass is 9.99. The molecule has 0 atom stereocenters. The van der Waals surface area contributed by atoms with Crippen LogP contribution in [0.5, 0.6) is 0 Å². The number of nitriles is 5. The Bertz CT molecular complexity index is 4380. The van der Waals surface area contributed by atoms with E-state index in [0.717, 1.165) is 116 Å². The van der Waals surface area contributed by atoms with E-state index in [1.54, 1.807) is 24.3 Å². The van der Waals surface area contributed by atoms with Crippen molar-refractivity contribution >= 4 is 43.6 Å². The standard InChI is InChI=1S/C70H38N8/c71-39-44-9-4-15-50(29-44)54-21-25-64-58(35-54)59-36-55(51-16-5-10-45(30-51)40-72)22-26-65(59)77(64)68-33-48(43-75)34-69(70(68)63-20-8-19-62(76-63)49-13-2-1-3-14-49)78-66-27-23-56(52-17-6-11-46(31-52)41-73)37-60(66)61-38-57(24-28-67(61)78)53-18-7-12-47(32-53)42-74/h1-38H. The number of hydrogen-bond donors (Lipinski definition) is 0. The van der Waals surface area contributed by atoms with Crippen molar-refractivity contribution in [1.29, 1.82) is 26.3 Å². The molecule has 0 bridgehead atoms. The van der Waals surface area contributed by atoms with Crippen LogP contribution in [-0.2, 0) is 0 Å². The van der Waals surface area contributed by atoms with Gasteiger partial charge in [0.2, 0.25) is 0 Å². The van der Waals surface area contributed by atoms with Crippen LogP contribution in [-0.4, -0.2) is 14.1 Å². The molecule has 0 aliphatic rings. The Hall–Kier alpha value is -11.6. The van der Waals surface area contributed by atoms with Crippen LogP contribution in [0.4, 0.5) is 0 Å². The van der Waals surface area contributed by atoms with Gasteiger partial charge in [-0.15, -0.1) is 0 Å². The molecule has 0 amide bonds. The zero-order valence-corrected chi connectivity index (χ0v) is 41.5. The molecule has 3 heterocycles. The van der Waals surface area contributed by atoms with Gasteiger partial charge in [0, 0.05) is 32.7 Å². The average Bonchev–Trinajstić information content (AvgIpc) is 4.25. The third-order valence-electron chi connectivity index (χ3n) is 14.6. The predicted octanol–water partition coefficient (Wildman–Crippen LogP) is 16.6. The number of fused-ring (bicyclic) bond motifs is 6. The molecule has 3 aromatic heterocycles. The van der Waals surface area contributed by atoms with E-state index < -0.39 is 0 Å². The van der Waals surface area contributed by atoms with Crippen LogP contribution in [0.1, 0.15) is 27.8 Å². The van der Waals surface area contributed by atoms with E-state index in [1.165, 1.54) is 0 Å². The maximum absolute atomic E-state index is 11.2. The van der Waals surface area contributed by atoms with Crippen LogP contribution in [0.3, 0.4) is 0 Å². The summed E-state index contributed by atoms with van der Waals surface area (Å²) >= 11 is 0. The van der Waals surface area contributed by atoms with E-state index in [9.17, 15) is 26.3 Å². The number of aromatic nitrogens is 3. The molecular formula is C70H38N8. The Balaban J connectivity index is 1.15. The van der Waals surface area contributed by atoms with Gasteiger partial charge in [-0.2, -0.15) is 26.3 Å². The van der Waals surface area contributed by atoms with E-state index in [0.29, 0.717) is 33.5 Å². The summed E-state index contributed by atoms with van der Waals surface area (Å²) in [4.78, 5) is 5.50. The second kappa shape index (κ2) is 19.0. The molecular weight excluding hydrogens is 953 g/mol. The molecule has 8 heteroatoms. The van der Waals surface area contributed by atoms with Crippen molar-refractivity contribution in [3.63, 3.8) is 0 Å². The highest BCUT2D eigenvalue weighted by molar-refractivity contribution is 6.14. The molecule has 0 unspecified atom stereocenters. The van der Waals surface area contributed by atoms with Gasteiger partial charge in [0.05, 0.1) is 103 Å². The summed E-state index contributed by atoms with van der Waals surface area (Å²) in [6.07, 6.45) is 0. The van der Waals surface area contributed by atoms with Crippen LogP contribution >= 0.6 is 0 Å². The van der Waals surface area contributed by atoms with Gasteiger partial charge in [-0.05, 0) is 166 Å². The minimum atomic E-state index is 0.428. The van der Waals surface area contributed by atoms with Gasteiger partial charge in [-0.3, -0.25) is 0 Å². The first kappa shape index (κ1) is 46.2. The molecule has 0 saturated heterocycles. The summed E-state index contributed by atoms with van der Waals surface area (Å²) < 4.78 is 4.47. The lowest BCUT2D eigenvalue weighted by Gasteiger charge is -2.21. The first-order chi connectivity index (χ1) is 38.4. The summed E-state index contributed by atoms with van der Waals surface area (Å²) in [5.41, 5.74) is 18.2. The van der Waals surface area contributed by atoms with Crippen molar-refractivity contribution in [3.05, 3.63) is 258 Å². The van der Waals surface area contributed by atoms with E-state index in [2.05, 4.69) is 112 Å². The maximum atomic E-state index is 11.2. The molecule has 0 radical (unpaired) electrons. The molecule has 13 aromatic rings. The molecule has 8 nitrogen and oxygen atoms in total. The smallest absolute Gasteiger partial charge is 0.0993 e.